The number of methoxy groups -OCH3 is 1. The van der Waals surface area contributed by atoms with Crippen LogP contribution < -0.4 is 0 Å². The van der Waals surface area contributed by atoms with Crippen LogP contribution >= 0.6 is 0 Å². The largest absolute Gasteiger partial charge is 0.469 e. The minimum atomic E-state index is -0.268. The molecule has 0 spiro atoms. The van der Waals surface area contributed by atoms with Crippen LogP contribution in [0.15, 0.2) is 24.3 Å². The first kappa shape index (κ1) is 9.74. The number of carbonyl (C=O) groups is 1. The summed E-state index contributed by atoms with van der Waals surface area (Å²) in [6.07, 6.45) is 0.254. The third-order valence-corrected chi connectivity index (χ3v) is 1.75. The molecule has 0 aliphatic carbocycles. The van der Waals surface area contributed by atoms with Gasteiger partial charge in [-0.3, -0.25) is 4.79 Å². The maximum Gasteiger partial charge on any atom is 0.309 e. The molecule has 1 aromatic rings. The Kier molecular flexibility index (Phi) is 3.46. The molecule has 0 heterocycles. The fourth-order valence-electron chi connectivity index (χ4n) is 1.08. The van der Waals surface area contributed by atoms with Crippen molar-refractivity contribution in [2.45, 2.75) is 13.0 Å². The van der Waals surface area contributed by atoms with Crippen molar-refractivity contribution in [3.63, 3.8) is 0 Å². The summed E-state index contributed by atoms with van der Waals surface area (Å²) in [6.45, 7) is -0.00495. The van der Waals surface area contributed by atoms with Crippen molar-refractivity contribution in [3.8, 4) is 0 Å². The van der Waals surface area contributed by atoms with Crippen LogP contribution in [0.2, 0.25) is 0 Å². The van der Waals surface area contributed by atoms with Gasteiger partial charge in [-0.2, -0.15) is 0 Å². The van der Waals surface area contributed by atoms with Crippen LogP contribution in [-0.4, -0.2) is 18.2 Å². The molecule has 0 aliphatic heterocycles. The fraction of sp³-hybridized carbons (Fsp3) is 0.300. The zero-order valence-electron chi connectivity index (χ0n) is 7.49. The van der Waals surface area contributed by atoms with Crippen molar-refractivity contribution in [1.29, 1.82) is 0 Å². The highest BCUT2D eigenvalue weighted by Gasteiger charge is 2.02. The van der Waals surface area contributed by atoms with Crippen LogP contribution in [0.4, 0.5) is 0 Å². The minimum Gasteiger partial charge on any atom is -0.469 e. The second kappa shape index (κ2) is 4.62. The Balaban J connectivity index is 2.71. The molecule has 1 aromatic carbocycles. The Morgan fingerprint density at radius 2 is 2.15 bits per heavy atom. The van der Waals surface area contributed by atoms with Crippen LogP contribution in [0.1, 0.15) is 11.1 Å². The van der Waals surface area contributed by atoms with Crippen LogP contribution in [0.5, 0.6) is 0 Å². The SMILES string of the molecule is COC(=O)Cc1cccc(CO)c1. The van der Waals surface area contributed by atoms with Gasteiger partial charge in [-0.25, -0.2) is 0 Å². The summed E-state index contributed by atoms with van der Waals surface area (Å²) >= 11 is 0. The van der Waals surface area contributed by atoms with Gasteiger partial charge >= 0.3 is 5.97 Å². The number of rotatable bonds is 3. The van der Waals surface area contributed by atoms with E-state index in [-0.39, 0.29) is 19.0 Å². The molecule has 0 aliphatic rings. The molecule has 1 N–H and O–H groups in total. The smallest absolute Gasteiger partial charge is 0.309 e. The Bertz CT molecular complexity index is 294. The van der Waals surface area contributed by atoms with Gasteiger partial charge in [0.2, 0.25) is 0 Å². The van der Waals surface area contributed by atoms with Crippen LogP contribution in [0.25, 0.3) is 0 Å². The van der Waals surface area contributed by atoms with E-state index < -0.39 is 0 Å². The lowest BCUT2D eigenvalue weighted by atomic mass is 10.1. The molecule has 1 rings (SSSR count). The zero-order valence-corrected chi connectivity index (χ0v) is 7.49. The Morgan fingerprint density at radius 1 is 1.46 bits per heavy atom. The average Bonchev–Trinajstić information content (AvgIpc) is 2.18. The van der Waals surface area contributed by atoms with Gasteiger partial charge in [0, 0.05) is 0 Å². The van der Waals surface area contributed by atoms with Gasteiger partial charge in [0.15, 0.2) is 0 Å². The van der Waals surface area contributed by atoms with Gasteiger partial charge in [-0.1, -0.05) is 24.3 Å². The number of aliphatic hydroxyl groups is 1. The molecule has 0 bridgehead atoms. The van der Waals surface area contributed by atoms with Crippen molar-refractivity contribution in [2.75, 3.05) is 7.11 Å². The summed E-state index contributed by atoms with van der Waals surface area (Å²) in [5.41, 5.74) is 1.67. The van der Waals surface area contributed by atoms with E-state index in [1.165, 1.54) is 7.11 Å². The molecule has 13 heavy (non-hydrogen) atoms. The molecule has 3 heteroatoms. The predicted octanol–water partition coefficient (Wildman–Crippen LogP) is 0.894. The summed E-state index contributed by atoms with van der Waals surface area (Å²) in [7, 11) is 1.36. The number of carbonyl (C=O) groups excluding carboxylic acids is 1. The Labute approximate surface area is 77.0 Å². The first-order chi connectivity index (χ1) is 6.26. The summed E-state index contributed by atoms with van der Waals surface area (Å²) in [6, 6.07) is 7.23. The second-order valence-corrected chi connectivity index (χ2v) is 2.73. The predicted molar refractivity (Wildman–Crippen MR) is 48.1 cm³/mol. The van der Waals surface area contributed by atoms with E-state index in [4.69, 9.17) is 5.11 Å². The molecule has 0 radical (unpaired) electrons. The third-order valence-electron chi connectivity index (χ3n) is 1.75. The summed E-state index contributed by atoms with van der Waals surface area (Å²) in [5.74, 6) is -0.268. The lowest BCUT2D eigenvalue weighted by Crippen LogP contribution is -2.04. The van der Waals surface area contributed by atoms with Gasteiger partial charge in [0.05, 0.1) is 20.1 Å². The van der Waals surface area contributed by atoms with E-state index in [0.717, 1.165) is 11.1 Å². The van der Waals surface area contributed by atoms with Gasteiger partial charge in [0.1, 0.15) is 0 Å². The highest BCUT2D eigenvalue weighted by atomic mass is 16.5. The first-order valence-corrected chi connectivity index (χ1v) is 4.01. The van der Waals surface area contributed by atoms with Crippen LogP contribution in [0, 0.1) is 0 Å². The maximum atomic E-state index is 10.9. The number of hydrogen-bond donors (Lipinski definition) is 1. The van der Waals surface area contributed by atoms with Gasteiger partial charge in [-0.05, 0) is 11.1 Å². The van der Waals surface area contributed by atoms with Crippen molar-refractivity contribution in [3.05, 3.63) is 35.4 Å². The molecule has 0 unspecified atom stereocenters. The molecular formula is C10H12O3. The lowest BCUT2D eigenvalue weighted by Gasteiger charge is -2.01. The normalized spacial score (nSPS) is 9.69. The molecule has 0 saturated carbocycles. The molecule has 0 amide bonds. The highest BCUT2D eigenvalue weighted by molar-refractivity contribution is 5.72. The number of esters is 1. The van der Waals surface area contributed by atoms with Crippen molar-refractivity contribution in [1.82, 2.24) is 0 Å². The fourth-order valence-corrected chi connectivity index (χ4v) is 1.08. The Morgan fingerprint density at radius 3 is 2.77 bits per heavy atom. The van der Waals surface area contributed by atoms with Gasteiger partial charge in [0.25, 0.3) is 0 Å². The molecule has 0 fully saturated rings. The molecule has 0 saturated heterocycles. The number of ether oxygens (including phenoxy) is 1. The minimum absolute atomic E-state index is 0.00495. The summed E-state index contributed by atoms with van der Waals surface area (Å²) < 4.78 is 4.53. The molecular weight excluding hydrogens is 168 g/mol. The molecule has 0 atom stereocenters. The molecule has 0 aromatic heterocycles. The second-order valence-electron chi connectivity index (χ2n) is 2.73. The van der Waals surface area contributed by atoms with E-state index in [0.29, 0.717) is 0 Å². The van der Waals surface area contributed by atoms with Gasteiger partial charge < -0.3 is 9.84 Å². The van der Waals surface area contributed by atoms with Crippen molar-refractivity contribution in [2.24, 2.45) is 0 Å². The highest BCUT2D eigenvalue weighted by Crippen LogP contribution is 2.06. The third kappa shape index (κ3) is 2.87. The summed E-state index contributed by atoms with van der Waals surface area (Å²) in [4.78, 5) is 10.9. The van der Waals surface area contributed by atoms with Crippen molar-refractivity contribution < 1.29 is 14.6 Å². The quantitative estimate of drug-likeness (QED) is 0.703. The standard InChI is InChI=1S/C10H12O3/c1-13-10(12)6-8-3-2-4-9(5-8)7-11/h2-5,11H,6-7H2,1H3. The van der Waals surface area contributed by atoms with E-state index in [1.807, 2.05) is 12.1 Å². The van der Waals surface area contributed by atoms with Crippen molar-refractivity contribution >= 4 is 5.97 Å². The van der Waals surface area contributed by atoms with Gasteiger partial charge in [-0.15, -0.1) is 0 Å². The maximum absolute atomic E-state index is 10.9. The number of aliphatic hydroxyl groups excluding tert-OH is 1. The topological polar surface area (TPSA) is 46.5 Å². The summed E-state index contributed by atoms with van der Waals surface area (Å²) in [5, 5.41) is 8.84. The molecule has 3 nitrogen and oxygen atoms in total. The van der Waals surface area contributed by atoms with E-state index in [1.54, 1.807) is 12.1 Å². The number of hydrogen-bond acceptors (Lipinski definition) is 3. The number of benzene rings is 1. The van der Waals surface area contributed by atoms with Crippen LogP contribution in [-0.2, 0) is 22.6 Å². The molecule has 70 valence electrons. The van der Waals surface area contributed by atoms with Crippen LogP contribution in [0.3, 0.4) is 0 Å². The Hall–Kier alpha value is -1.35. The van der Waals surface area contributed by atoms with E-state index >= 15 is 0 Å². The average molecular weight is 180 g/mol. The lowest BCUT2D eigenvalue weighted by molar-refractivity contribution is -0.139. The monoisotopic (exact) mass is 180 g/mol. The first-order valence-electron chi connectivity index (χ1n) is 4.01. The van der Waals surface area contributed by atoms with E-state index in [9.17, 15) is 4.79 Å². The zero-order chi connectivity index (χ0) is 9.68. The van der Waals surface area contributed by atoms with E-state index in [2.05, 4.69) is 4.74 Å².